The van der Waals surface area contributed by atoms with Crippen LogP contribution in [0.15, 0.2) is 0 Å². The Hall–Kier alpha value is -0.120. The van der Waals surface area contributed by atoms with E-state index in [1.807, 2.05) is 27.7 Å². The summed E-state index contributed by atoms with van der Waals surface area (Å²) in [6, 6.07) is 0.860. The van der Waals surface area contributed by atoms with Gasteiger partial charge in [0.1, 0.15) is 0 Å². The predicted octanol–water partition coefficient (Wildman–Crippen LogP) is 3.41. The molecule has 3 heteroatoms. The number of likely N-dealkylation sites (N-methyl/N-ethyl adjacent to an activating group) is 2. The van der Waals surface area contributed by atoms with Crippen molar-refractivity contribution in [2.24, 2.45) is 5.41 Å². The largest absolute Gasteiger partial charge is 0.308 e. The molecule has 1 saturated heterocycles. The second kappa shape index (κ2) is 10.6. The van der Waals surface area contributed by atoms with Crippen molar-refractivity contribution < 1.29 is 0 Å². The highest BCUT2D eigenvalue weighted by Gasteiger charge is 2.46. The van der Waals surface area contributed by atoms with Crippen LogP contribution in [0.3, 0.4) is 0 Å². The van der Waals surface area contributed by atoms with Crippen molar-refractivity contribution in [3.63, 3.8) is 0 Å². The summed E-state index contributed by atoms with van der Waals surface area (Å²) in [4.78, 5) is 7.33. The number of likely N-dealkylation sites (tertiary alicyclic amines) is 1. The average molecular weight is 300 g/mol. The van der Waals surface area contributed by atoms with Gasteiger partial charge in [-0.05, 0) is 72.4 Å². The molecule has 2 rings (SSSR count). The van der Waals surface area contributed by atoms with E-state index in [4.69, 9.17) is 0 Å². The Morgan fingerprint density at radius 2 is 1.38 bits per heavy atom. The van der Waals surface area contributed by atoms with Crippen LogP contribution < -0.4 is 0 Å². The van der Waals surface area contributed by atoms with E-state index < -0.39 is 0 Å². The Balaban J connectivity index is 0.000000921. The lowest BCUT2D eigenvalue weighted by Crippen LogP contribution is -2.54. The number of nitrogens with zero attached hydrogens (tertiary/aromatic N) is 3. The average Bonchev–Trinajstić information content (AvgIpc) is 2.48. The quantitative estimate of drug-likeness (QED) is 0.787. The third-order valence-corrected chi connectivity index (χ3v) is 4.91. The maximum atomic E-state index is 2.57. The van der Waals surface area contributed by atoms with E-state index >= 15 is 0 Å². The monoisotopic (exact) mass is 299 g/mol. The van der Waals surface area contributed by atoms with Gasteiger partial charge in [-0.2, -0.15) is 0 Å². The minimum absolute atomic E-state index is 0.726. The highest BCUT2D eigenvalue weighted by Crippen LogP contribution is 2.50. The molecule has 0 aromatic heterocycles. The van der Waals surface area contributed by atoms with Crippen LogP contribution in [0, 0.1) is 5.41 Å². The first-order chi connectivity index (χ1) is 10.0. The highest BCUT2D eigenvalue weighted by molar-refractivity contribution is 5.00. The van der Waals surface area contributed by atoms with Gasteiger partial charge in [0.2, 0.25) is 0 Å². The molecular formula is C18H41N3. The first-order valence-corrected chi connectivity index (χ1v) is 9.04. The van der Waals surface area contributed by atoms with E-state index in [9.17, 15) is 0 Å². The lowest BCUT2D eigenvalue weighted by Gasteiger charge is -2.54. The minimum atomic E-state index is 0.726. The van der Waals surface area contributed by atoms with Gasteiger partial charge >= 0.3 is 0 Å². The van der Waals surface area contributed by atoms with Crippen molar-refractivity contribution in [1.29, 1.82) is 0 Å². The van der Waals surface area contributed by atoms with Gasteiger partial charge in [0, 0.05) is 19.1 Å². The summed E-state index contributed by atoms with van der Waals surface area (Å²) < 4.78 is 0. The van der Waals surface area contributed by atoms with Gasteiger partial charge in [0.25, 0.3) is 0 Å². The third kappa shape index (κ3) is 6.66. The molecule has 1 aliphatic heterocycles. The molecule has 0 amide bonds. The van der Waals surface area contributed by atoms with Gasteiger partial charge in [0.15, 0.2) is 0 Å². The highest BCUT2D eigenvalue weighted by atomic mass is 15.2. The molecule has 1 spiro atoms. The van der Waals surface area contributed by atoms with E-state index in [-0.39, 0.29) is 0 Å². The Kier molecular flexibility index (Phi) is 10.5. The topological polar surface area (TPSA) is 9.72 Å². The molecule has 0 radical (unpaired) electrons. The van der Waals surface area contributed by atoms with Crippen molar-refractivity contribution in [2.45, 2.75) is 59.4 Å². The van der Waals surface area contributed by atoms with Crippen LogP contribution in [0.4, 0.5) is 0 Å². The zero-order chi connectivity index (χ0) is 16.5. The van der Waals surface area contributed by atoms with E-state index in [0.717, 1.165) is 11.5 Å². The molecule has 0 unspecified atom stereocenters. The molecule has 128 valence electrons. The Labute approximate surface area is 134 Å². The maximum absolute atomic E-state index is 2.57. The lowest BCUT2D eigenvalue weighted by molar-refractivity contribution is -0.0312. The normalized spacial score (nSPS) is 21.4. The molecule has 0 N–H and O–H groups in total. The number of piperidine rings is 1. The van der Waals surface area contributed by atoms with Crippen LogP contribution in [0.5, 0.6) is 0 Å². The summed E-state index contributed by atoms with van der Waals surface area (Å²) in [5.41, 5.74) is 0.726. The predicted molar refractivity (Wildman–Crippen MR) is 96.1 cm³/mol. The first kappa shape index (κ1) is 20.9. The molecule has 1 saturated carbocycles. The Morgan fingerprint density at radius 1 is 0.905 bits per heavy atom. The van der Waals surface area contributed by atoms with Crippen molar-refractivity contribution in [3.05, 3.63) is 0 Å². The SMILES string of the molecule is CC.CC.CN(C)CCN(C)C1CC2(CCN(C)CC2)C1. The molecule has 0 atom stereocenters. The second-order valence-corrected chi connectivity index (χ2v) is 6.65. The van der Waals surface area contributed by atoms with Crippen LogP contribution in [0.2, 0.25) is 0 Å². The van der Waals surface area contributed by atoms with Gasteiger partial charge in [0.05, 0.1) is 0 Å². The number of hydrogen-bond donors (Lipinski definition) is 0. The molecule has 0 aromatic rings. The maximum Gasteiger partial charge on any atom is 0.0109 e. The molecule has 0 bridgehead atoms. The summed E-state index contributed by atoms with van der Waals surface area (Å²) in [7, 11) is 8.88. The van der Waals surface area contributed by atoms with Gasteiger partial charge in [-0.25, -0.2) is 0 Å². The zero-order valence-electron chi connectivity index (χ0n) is 16.1. The fraction of sp³-hybridized carbons (Fsp3) is 1.00. The summed E-state index contributed by atoms with van der Waals surface area (Å²) in [6.07, 6.45) is 5.76. The molecular weight excluding hydrogens is 258 g/mol. The van der Waals surface area contributed by atoms with Crippen molar-refractivity contribution in [2.75, 3.05) is 54.4 Å². The van der Waals surface area contributed by atoms with E-state index in [2.05, 4.69) is 42.9 Å². The molecule has 1 heterocycles. The molecule has 21 heavy (non-hydrogen) atoms. The van der Waals surface area contributed by atoms with Crippen molar-refractivity contribution >= 4 is 0 Å². The van der Waals surface area contributed by atoms with Gasteiger partial charge < -0.3 is 14.7 Å². The summed E-state index contributed by atoms with van der Waals surface area (Å²) in [5, 5.41) is 0. The van der Waals surface area contributed by atoms with Gasteiger partial charge in [-0.15, -0.1) is 0 Å². The van der Waals surface area contributed by atoms with Crippen LogP contribution in [0.1, 0.15) is 53.4 Å². The Morgan fingerprint density at radius 3 is 1.81 bits per heavy atom. The zero-order valence-corrected chi connectivity index (χ0v) is 16.1. The van der Waals surface area contributed by atoms with Crippen LogP contribution >= 0.6 is 0 Å². The van der Waals surface area contributed by atoms with E-state index in [1.165, 1.54) is 51.9 Å². The van der Waals surface area contributed by atoms with Gasteiger partial charge in [-0.3, -0.25) is 0 Å². The third-order valence-electron chi connectivity index (χ3n) is 4.91. The van der Waals surface area contributed by atoms with Crippen molar-refractivity contribution in [1.82, 2.24) is 14.7 Å². The molecule has 0 aromatic carbocycles. The van der Waals surface area contributed by atoms with Crippen molar-refractivity contribution in [3.8, 4) is 0 Å². The number of rotatable bonds is 4. The van der Waals surface area contributed by atoms with Crippen LogP contribution in [-0.4, -0.2) is 75.1 Å². The summed E-state index contributed by atoms with van der Waals surface area (Å²) in [5.74, 6) is 0. The van der Waals surface area contributed by atoms with Crippen LogP contribution in [0.25, 0.3) is 0 Å². The minimum Gasteiger partial charge on any atom is -0.308 e. The standard InChI is InChI=1S/C14H29N3.2C2H6/c1-15(2)9-10-17(4)13-11-14(12-13)5-7-16(3)8-6-14;2*1-2/h13H,5-12H2,1-4H3;2*1-2H3. The summed E-state index contributed by atoms with van der Waals surface area (Å²) >= 11 is 0. The molecule has 3 nitrogen and oxygen atoms in total. The molecule has 1 aliphatic carbocycles. The fourth-order valence-electron chi connectivity index (χ4n) is 3.29. The molecule has 2 aliphatic rings. The number of hydrogen-bond acceptors (Lipinski definition) is 3. The van der Waals surface area contributed by atoms with Crippen LogP contribution in [-0.2, 0) is 0 Å². The summed E-state index contributed by atoms with van der Waals surface area (Å²) in [6.45, 7) is 13.0. The Bertz CT molecular complexity index is 237. The van der Waals surface area contributed by atoms with E-state index in [1.54, 1.807) is 0 Å². The first-order valence-electron chi connectivity index (χ1n) is 9.04. The molecule has 2 fully saturated rings. The fourth-order valence-corrected chi connectivity index (χ4v) is 3.29. The van der Waals surface area contributed by atoms with Gasteiger partial charge in [-0.1, -0.05) is 27.7 Å². The second-order valence-electron chi connectivity index (χ2n) is 6.65. The smallest absolute Gasteiger partial charge is 0.0109 e. The lowest BCUT2D eigenvalue weighted by atomic mass is 9.60. The van der Waals surface area contributed by atoms with E-state index in [0.29, 0.717) is 0 Å².